The SMILES string of the molecule is C1CCCCC1.CC(C)=O.CCO. The van der Waals surface area contributed by atoms with E-state index in [1.165, 1.54) is 52.4 Å². The maximum atomic E-state index is 9.44. The fourth-order valence-electron chi connectivity index (χ4n) is 1.06. The summed E-state index contributed by atoms with van der Waals surface area (Å²) in [4.78, 5) is 9.44. The first-order chi connectivity index (χ1) is 6.15. The van der Waals surface area contributed by atoms with Gasteiger partial charge in [-0.2, -0.15) is 0 Å². The molecule has 1 rings (SSSR count). The zero-order valence-corrected chi connectivity index (χ0v) is 9.31. The lowest BCUT2D eigenvalue weighted by molar-refractivity contribution is -0.114. The van der Waals surface area contributed by atoms with Gasteiger partial charge in [-0.25, -0.2) is 0 Å². The Labute approximate surface area is 82.4 Å². The predicted molar refractivity (Wildman–Crippen MR) is 56.8 cm³/mol. The molecule has 0 saturated heterocycles. The van der Waals surface area contributed by atoms with Gasteiger partial charge in [-0.3, -0.25) is 0 Å². The molecule has 0 aromatic carbocycles. The van der Waals surface area contributed by atoms with E-state index < -0.39 is 0 Å². The summed E-state index contributed by atoms with van der Waals surface area (Å²) in [5.41, 5.74) is 0. The van der Waals surface area contributed by atoms with Crippen molar-refractivity contribution in [2.45, 2.75) is 59.3 Å². The molecule has 0 atom stereocenters. The molecule has 2 nitrogen and oxygen atoms in total. The Balaban J connectivity index is 0. The molecule has 2 heteroatoms. The van der Waals surface area contributed by atoms with Crippen molar-refractivity contribution in [3.8, 4) is 0 Å². The normalized spacial score (nSPS) is 14.5. The summed E-state index contributed by atoms with van der Waals surface area (Å²) >= 11 is 0. The first kappa shape index (κ1) is 15.1. The van der Waals surface area contributed by atoms with Gasteiger partial charge in [0.1, 0.15) is 5.78 Å². The highest BCUT2D eigenvalue weighted by Crippen LogP contribution is 2.15. The highest BCUT2D eigenvalue weighted by molar-refractivity contribution is 5.72. The summed E-state index contributed by atoms with van der Waals surface area (Å²) in [6.45, 7) is 4.99. The molecule has 80 valence electrons. The number of ketones is 1. The molecular formula is C11H24O2. The lowest BCUT2D eigenvalue weighted by Gasteiger charge is -2.05. The Morgan fingerprint density at radius 1 is 1.00 bits per heavy atom. The minimum Gasteiger partial charge on any atom is -0.397 e. The van der Waals surface area contributed by atoms with E-state index in [-0.39, 0.29) is 12.4 Å². The van der Waals surface area contributed by atoms with Gasteiger partial charge in [-0.05, 0) is 20.8 Å². The van der Waals surface area contributed by atoms with Crippen LogP contribution in [0.1, 0.15) is 59.3 Å². The van der Waals surface area contributed by atoms with Gasteiger partial charge in [-0.1, -0.05) is 38.5 Å². The summed E-state index contributed by atoms with van der Waals surface area (Å²) in [7, 11) is 0. The van der Waals surface area contributed by atoms with Gasteiger partial charge in [0.05, 0.1) is 0 Å². The van der Waals surface area contributed by atoms with Gasteiger partial charge in [-0.15, -0.1) is 0 Å². The summed E-state index contributed by atoms with van der Waals surface area (Å²) in [6, 6.07) is 0. The van der Waals surface area contributed by atoms with E-state index in [4.69, 9.17) is 5.11 Å². The molecule has 0 bridgehead atoms. The van der Waals surface area contributed by atoms with Crippen molar-refractivity contribution >= 4 is 5.78 Å². The van der Waals surface area contributed by atoms with Crippen LogP contribution in [-0.2, 0) is 4.79 Å². The average molecular weight is 188 g/mol. The lowest BCUT2D eigenvalue weighted by atomic mass is 10.0. The molecule has 1 N–H and O–H groups in total. The number of carbonyl (C=O) groups is 1. The number of hydrogen-bond donors (Lipinski definition) is 1. The van der Waals surface area contributed by atoms with Crippen LogP contribution in [0, 0.1) is 0 Å². The zero-order valence-electron chi connectivity index (χ0n) is 9.31. The third kappa shape index (κ3) is 34.0. The molecule has 0 amide bonds. The Hall–Kier alpha value is -0.370. The minimum absolute atomic E-state index is 0.167. The highest BCUT2D eigenvalue weighted by atomic mass is 16.2. The molecule has 1 aliphatic carbocycles. The fourth-order valence-corrected chi connectivity index (χ4v) is 1.06. The van der Waals surface area contributed by atoms with Crippen LogP contribution in [0.2, 0.25) is 0 Å². The number of Topliss-reactive ketones (excluding diaryl/α,β-unsaturated/α-hetero) is 1. The number of carbonyl (C=O) groups excluding carboxylic acids is 1. The van der Waals surface area contributed by atoms with Crippen LogP contribution in [0.4, 0.5) is 0 Å². The molecule has 1 saturated carbocycles. The number of aliphatic hydroxyl groups excluding tert-OH is 1. The van der Waals surface area contributed by atoms with Crippen molar-refractivity contribution in [2.24, 2.45) is 0 Å². The Kier molecular flexibility index (Phi) is 16.5. The Morgan fingerprint density at radius 2 is 1.08 bits per heavy atom. The van der Waals surface area contributed by atoms with Crippen molar-refractivity contribution in [2.75, 3.05) is 6.61 Å². The van der Waals surface area contributed by atoms with Crippen LogP contribution in [-0.4, -0.2) is 17.5 Å². The van der Waals surface area contributed by atoms with Crippen LogP contribution in [0.5, 0.6) is 0 Å². The zero-order chi connectivity index (χ0) is 10.5. The number of rotatable bonds is 0. The Morgan fingerprint density at radius 3 is 1.15 bits per heavy atom. The van der Waals surface area contributed by atoms with E-state index in [1.807, 2.05) is 0 Å². The fraction of sp³-hybridized carbons (Fsp3) is 0.909. The topological polar surface area (TPSA) is 37.3 Å². The number of hydrogen-bond acceptors (Lipinski definition) is 2. The van der Waals surface area contributed by atoms with Crippen molar-refractivity contribution in [3.63, 3.8) is 0 Å². The van der Waals surface area contributed by atoms with Crippen LogP contribution in [0.3, 0.4) is 0 Å². The van der Waals surface area contributed by atoms with Crippen LogP contribution < -0.4 is 0 Å². The van der Waals surface area contributed by atoms with Gasteiger partial charge in [0, 0.05) is 6.61 Å². The second-order valence-corrected chi connectivity index (χ2v) is 3.35. The average Bonchev–Trinajstić information content (AvgIpc) is 2.08. The first-order valence-corrected chi connectivity index (χ1v) is 5.23. The van der Waals surface area contributed by atoms with Gasteiger partial charge in [0.25, 0.3) is 0 Å². The first-order valence-electron chi connectivity index (χ1n) is 5.23. The minimum atomic E-state index is 0.167. The van der Waals surface area contributed by atoms with E-state index in [2.05, 4.69) is 0 Å². The second-order valence-electron chi connectivity index (χ2n) is 3.35. The summed E-state index contributed by atoms with van der Waals surface area (Å²) < 4.78 is 0. The van der Waals surface area contributed by atoms with E-state index >= 15 is 0 Å². The van der Waals surface area contributed by atoms with Crippen molar-refractivity contribution in [1.82, 2.24) is 0 Å². The second kappa shape index (κ2) is 14.2. The maximum absolute atomic E-state index is 9.44. The molecule has 0 aliphatic heterocycles. The third-order valence-corrected chi connectivity index (χ3v) is 1.50. The van der Waals surface area contributed by atoms with Crippen molar-refractivity contribution in [1.29, 1.82) is 0 Å². The van der Waals surface area contributed by atoms with Gasteiger partial charge >= 0.3 is 0 Å². The van der Waals surface area contributed by atoms with E-state index in [1.54, 1.807) is 6.92 Å². The molecule has 1 aliphatic rings. The quantitative estimate of drug-likeness (QED) is 0.634. The molecule has 0 aromatic rings. The predicted octanol–water partition coefficient (Wildman–Crippen LogP) is 2.93. The molecule has 13 heavy (non-hydrogen) atoms. The van der Waals surface area contributed by atoms with Gasteiger partial charge < -0.3 is 9.90 Å². The molecule has 0 radical (unpaired) electrons. The van der Waals surface area contributed by atoms with Crippen LogP contribution >= 0.6 is 0 Å². The van der Waals surface area contributed by atoms with Crippen molar-refractivity contribution < 1.29 is 9.90 Å². The largest absolute Gasteiger partial charge is 0.397 e. The molecule has 0 aromatic heterocycles. The summed E-state index contributed by atoms with van der Waals surface area (Å²) in [6.07, 6.45) is 9.00. The van der Waals surface area contributed by atoms with E-state index in [0.29, 0.717) is 0 Å². The molecule has 0 unspecified atom stereocenters. The summed E-state index contributed by atoms with van der Waals surface area (Å²) in [5.74, 6) is 0.167. The highest BCUT2D eigenvalue weighted by Gasteiger charge is 1.95. The molecule has 0 spiro atoms. The van der Waals surface area contributed by atoms with E-state index in [9.17, 15) is 4.79 Å². The lowest BCUT2D eigenvalue weighted by Crippen LogP contribution is -1.85. The monoisotopic (exact) mass is 188 g/mol. The molecular weight excluding hydrogens is 164 g/mol. The van der Waals surface area contributed by atoms with Gasteiger partial charge in [0.15, 0.2) is 0 Å². The smallest absolute Gasteiger partial charge is 0.126 e. The number of aliphatic hydroxyl groups is 1. The maximum Gasteiger partial charge on any atom is 0.126 e. The standard InChI is InChI=1S/C6H12.C3H6O.C2H6O/c1-2-4-6-5-3-1;1-3(2)4;1-2-3/h1-6H2;1-2H3;3H,2H2,1H3. The van der Waals surface area contributed by atoms with Crippen LogP contribution in [0.15, 0.2) is 0 Å². The Bertz CT molecular complexity index is 80.8. The molecule has 1 fully saturated rings. The van der Waals surface area contributed by atoms with Crippen molar-refractivity contribution in [3.05, 3.63) is 0 Å². The molecule has 0 heterocycles. The van der Waals surface area contributed by atoms with Gasteiger partial charge in [0.2, 0.25) is 0 Å². The summed E-state index contributed by atoms with van der Waals surface area (Å²) in [5, 5.41) is 7.57. The van der Waals surface area contributed by atoms with E-state index in [0.717, 1.165) is 0 Å². The van der Waals surface area contributed by atoms with Crippen LogP contribution in [0.25, 0.3) is 0 Å². The third-order valence-electron chi connectivity index (χ3n) is 1.50.